The van der Waals surface area contributed by atoms with Crippen molar-refractivity contribution in [2.45, 2.75) is 12.8 Å². The molecule has 2 aromatic rings. The van der Waals surface area contributed by atoms with Gasteiger partial charge in [0.15, 0.2) is 0 Å². The Bertz CT molecular complexity index is 572. The van der Waals surface area contributed by atoms with E-state index >= 15 is 0 Å². The van der Waals surface area contributed by atoms with E-state index in [0.29, 0.717) is 23.5 Å². The Morgan fingerprint density at radius 1 is 1.11 bits per heavy atom. The zero-order valence-electron chi connectivity index (χ0n) is 10.5. The fourth-order valence-electron chi connectivity index (χ4n) is 2.07. The molecule has 2 rings (SSSR count). The number of benzene rings is 2. The van der Waals surface area contributed by atoms with E-state index in [0.717, 1.165) is 0 Å². The molecule has 0 radical (unpaired) electrons. The molecule has 1 nitrogen and oxygen atoms in total. The van der Waals surface area contributed by atoms with Crippen LogP contribution < -0.4 is 4.90 Å². The first-order valence-corrected chi connectivity index (χ1v) is 6.57. The third-order valence-corrected chi connectivity index (χ3v) is 3.22. The molecule has 0 aromatic heterocycles. The molecule has 0 fully saturated rings. The Kier molecular flexibility index (Phi) is 4.38. The topological polar surface area (TPSA) is 3.24 Å². The molecule has 0 saturated heterocycles. The first-order chi connectivity index (χ1) is 9.17. The average molecular weight is 282 g/mol. The summed E-state index contributed by atoms with van der Waals surface area (Å²) in [4.78, 5) is 1.84. The lowest BCUT2D eigenvalue weighted by molar-refractivity contribution is 0.616. The summed E-state index contributed by atoms with van der Waals surface area (Å²) >= 11 is 5.82. The van der Waals surface area contributed by atoms with E-state index in [1.165, 1.54) is 18.2 Å². The Morgan fingerprint density at radius 3 is 2.47 bits per heavy atom. The van der Waals surface area contributed by atoms with Crippen molar-refractivity contribution in [2.24, 2.45) is 0 Å². The summed E-state index contributed by atoms with van der Waals surface area (Å²) in [6.07, 6.45) is 0. The average Bonchev–Trinajstić information content (AvgIpc) is 2.40. The molecule has 100 valence electrons. The van der Waals surface area contributed by atoms with Crippen molar-refractivity contribution >= 4 is 23.0 Å². The number of alkyl halides is 1. The van der Waals surface area contributed by atoms with Gasteiger partial charge in [-0.05, 0) is 37.3 Å². The second-order valence-electron chi connectivity index (χ2n) is 4.10. The molecule has 0 N–H and O–H groups in total. The summed E-state index contributed by atoms with van der Waals surface area (Å²) in [5, 5.41) is 0. The normalized spacial score (nSPS) is 10.5. The molecule has 0 amide bonds. The zero-order chi connectivity index (χ0) is 13.8. The van der Waals surface area contributed by atoms with Crippen molar-refractivity contribution < 1.29 is 8.78 Å². The van der Waals surface area contributed by atoms with Crippen LogP contribution in [0.2, 0.25) is 0 Å². The first-order valence-electron chi connectivity index (χ1n) is 6.03. The van der Waals surface area contributed by atoms with Crippen LogP contribution in [0.25, 0.3) is 0 Å². The molecule has 0 heterocycles. The minimum Gasteiger partial charge on any atom is -0.341 e. The van der Waals surface area contributed by atoms with Crippen LogP contribution in [0.5, 0.6) is 0 Å². The molecule has 0 atom stereocenters. The molecular formula is C15H14ClF2N. The Labute approximate surface area is 116 Å². The van der Waals surface area contributed by atoms with Gasteiger partial charge in [-0.3, -0.25) is 0 Å². The van der Waals surface area contributed by atoms with Gasteiger partial charge in [-0.1, -0.05) is 12.1 Å². The van der Waals surface area contributed by atoms with E-state index in [-0.39, 0.29) is 17.5 Å². The number of hydrogen-bond donors (Lipinski definition) is 0. The molecule has 0 saturated carbocycles. The monoisotopic (exact) mass is 281 g/mol. The van der Waals surface area contributed by atoms with Crippen LogP contribution in [0.15, 0.2) is 42.5 Å². The zero-order valence-corrected chi connectivity index (χ0v) is 11.3. The number of nitrogens with zero attached hydrogens (tertiary/aromatic N) is 1. The van der Waals surface area contributed by atoms with Crippen molar-refractivity contribution in [3.8, 4) is 0 Å². The summed E-state index contributed by atoms with van der Waals surface area (Å²) < 4.78 is 27.1. The highest BCUT2D eigenvalue weighted by Gasteiger charge is 2.14. The van der Waals surface area contributed by atoms with Crippen molar-refractivity contribution in [3.05, 3.63) is 59.7 Å². The second-order valence-corrected chi connectivity index (χ2v) is 4.36. The molecule has 0 aliphatic rings. The van der Waals surface area contributed by atoms with Gasteiger partial charge < -0.3 is 4.90 Å². The Balaban J connectivity index is 2.51. The maximum Gasteiger partial charge on any atom is 0.129 e. The Morgan fingerprint density at radius 2 is 1.84 bits per heavy atom. The van der Waals surface area contributed by atoms with E-state index in [4.69, 9.17) is 11.6 Å². The number of anilines is 2. The number of rotatable bonds is 4. The lowest BCUT2D eigenvalue weighted by atomic mass is 10.1. The maximum atomic E-state index is 13.8. The van der Waals surface area contributed by atoms with Gasteiger partial charge in [0.2, 0.25) is 0 Å². The van der Waals surface area contributed by atoms with Gasteiger partial charge in [-0.2, -0.15) is 0 Å². The van der Waals surface area contributed by atoms with E-state index in [1.807, 2.05) is 11.8 Å². The molecule has 19 heavy (non-hydrogen) atoms. The van der Waals surface area contributed by atoms with Crippen LogP contribution >= 0.6 is 11.6 Å². The minimum absolute atomic E-state index is 0.0772. The predicted octanol–water partition coefficient (Wildman–Crippen LogP) is 4.86. The lowest BCUT2D eigenvalue weighted by Gasteiger charge is -2.25. The van der Waals surface area contributed by atoms with Crippen molar-refractivity contribution in [1.82, 2.24) is 0 Å². The maximum absolute atomic E-state index is 13.8. The largest absolute Gasteiger partial charge is 0.341 e. The van der Waals surface area contributed by atoms with Crippen LogP contribution in [0.3, 0.4) is 0 Å². The van der Waals surface area contributed by atoms with Crippen LogP contribution in [-0.2, 0) is 5.88 Å². The van der Waals surface area contributed by atoms with Crippen LogP contribution in [-0.4, -0.2) is 6.54 Å². The molecule has 2 aromatic carbocycles. The van der Waals surface area contributed by atoms with Gasteiger partial charge in [0.05, 0.1) is 5.88 Å². The summed E-state index contributed by atoms with van der Waals surface area (Å²) in [6.45, 7) is 2.52. The summed E-state index contributed by atoms with van der Waals surface area (Å²) in [6, 6.07) is 11.0. The molecule has 0 aliphatic heterocycles. The van der Waals surface area contributed by atoms with Gasteiger partial charge in [0, 0.05) is 23.5 Å². The van der Waals surface area contributed by atoms with E-state index in [9.17, 15) is 8.78 Å². The summed E-state index contributed by atoms with van der Waals surface area (Å²) in [5.74, 6) is -0.587. The van der Waals surface area contributed by atoms with Gasteiger partial charge in [0.1, 0.15) is 11.6 Å². The highest BCUT2D eigenvalue weighted by atomic mass is 35.5. The van der Waals surface area contributed by atoms with Crippen molar-refractivity contribution in [1.29, 1.82) is 0 Å². The predicted molar refractivity (Wildman–Crippen MR) is 75.0 cm³/mol. The van der Waals surface area contributed by atoms with Gasteiger partial charge in [0.25, 0.3) is 0 Å². The van der Waals surface area contributed by atoms with Gasteiger partial charge in [-0.25, -0.2) is 8.78 Å². The highest BCUT2D eigenvalue weighted by molar-refractivity contribution is 6.17. The minimum atomic E-state index is -0.345. The summed E-state index contributed by atoms with van der Waals surface area (Å²) in [5.41, 5.74) is 1.78. The third-order valence-electron chi connectivity index (χ3n) is 2.95. The van der Waals surface area contributed by atoms with E-state index in [2.05, 4.69) is 0 Å². The third kappa shape index (κ3) is 2.87. The highest BCUT2D eigenvalue weighted by Crippen LogP contribution is 2.31. The lowest BCUT2D eigenvalue weighted by Crippen LogP contribution is -2.18. The smallest absolute Gasteiger partial charge is 0.129 e. The SMILES string of the molecule is CCN(c1cccc(F)c1)c1cccc(F)c1CCl. The number of halogens is 3. The molecule has 0 aliphatic carbocycles. The van der Waals surface area contributed by atoms with E-state index in [1.54, 1.807) is 24.3 Å². The standard InChI is InChI=1S/C15H14ClF2N/c1-2-19(12-6-3-5-11(17)9-12)15-8-4-7-14(18)13(15)10-16/h3-9H,2,10H2,1H3. The van der Waals surface area contributed by atoms with Crippen LogP contribution in [0, 0.1) is 11.6 Å². The van der Waals surface area contributed by atoms with Crippen LogP contribution in [0.1, 0.15) is 12.5 Å². The quantitative estimate of drug-likeness (QED) is 0.723. The molecule has 0 spiro atoms. The van der Waals surface area contributed by atoms with Gasteiger partial charge >= 0.3 is 0 Å². The second kappa shape index (κ2) is 6.02. The fourth-order valence-corrected chi connectivity index (χ4v) is 2.33. The van der Waals surface area contributed by atoms with Gasteiger partial charge in [-0.15, -0.1) is 11.6 Å². The molecule has 4 heteroatoms. The first kappa shape index (κ1) is 13.8. The number of hydrogen-bond acceptors (Lipinski definition) is 1. The molecular weight excluding hydrogens is 268 g/mol. The molecule has 0 unspecified atom stereocenters. The molecule has 0 bridgehead atoms. The Hall–Kier alpha value is -1.61. The van der Waals surface area contributed by atoms with Crippen molar-refractivity contribution in [3.63, 3.8) is 0 Å². The van der Waals surface area contributed by atoms with E-state index < -0.39 is 0 Å². The van der Waals surface area contributed by atoms with Crippen LogP contribution in [0.4, 0.5) is 20.2 Å². The summed E-state index contributed by atoms with van der Waals surface area (Å²) in [7, 11) is 0. The fraction of sp³-hybridized carbons (Fsp3) is 0.200. The van der Waals surface area contributed by atoms with Crippen molar-refractivity contribution in [2.75, 3.05) is 11.4 Å².